The number of methoxy groups -OCH3 is 2. The molecule has 0 fully saturated rings. The highest BCUT2D eigenvalue weighted by Gasteiger charge is 2.16. The van der Waals surface area contributed by atoms with Crippen molar-refractivity contribution in [1.29, 1.82) is 0 Å². The molecule has 0 saturated carbocycles. The number of nitrogens with one attached hydrogen (secondary N) is 2. The van der Waals surface area contributed by atoms with Crippen LogP contribution in [0.5, 0.6) is 23.0 Å². The van der Waals surface area contributed by atoms with E-state index < -0.39 is 0 Å². The zero-order chi connectivity index (χ0) is 20.2. The van der Waals surface area contributed by atoms with E-state index in [2.05, 4.69) is 20.7 Å². The second kappa shape index (κ2) is 7.93. The molecule has 0 radical (unpaired) electrons. The fraction of sp³-hybridized carbons (Fsp3) is 0.150. The van der Waals surface area contributed by atoms with Gasteiger partial charge in [-0.05, 0) is 36.4 Å². The maximum absolute atomic E-state index is 12.3. The Morgan fingerprint density at radius 1 is 1.14 bits per heavy atom. The molecule has 0 spiro atoms. The molecular weight excluding hydrogens is 376 g/mol. The highest BCUT2D eigenvalue weighted by Crippen LogP contribution is 2.33. The first-order chi connectivity index (χ1) is 14.2. The number of aromatic nitrogens is 2. The van der Waals surface area contributed by atoms with E-state index in [9.17, 15) is 4.79 Å². The summed E-state index contributed by atoms with van der Waals surface area (Å²) in [5, 5.41) is 11.0. The molecule has 3 aromatic rings. The molecule has 0 unspecified atom stereocenters. The molecule has 9 heteroatoms. The third-order valence-electron chi connectivity index (χ3n) is 4.35. The summed E-state index contributed by atoms with van der Waals surface area (Å²) in [6.07, 6.45) is 3.13. The van der Waals surface area contributed by atoms with Crippen molar-refractivity contribution in [2.24, 2.45) is 5.10 Å². The predicted octanol–water partition coefficient (Wildman–Crippen LogP) is 2.59. The Balaban J connectivity index is 1.49. The van der Waals surface area contributed by atoms with Crippen molar-refractivity contribution in [3.8, 4) is 34.3 Å². The van der Waals surface area contributed by atoms with Crippen molar-refractivity contribution in [3.05, 3.63) is 53.7 Å². The summed E-state index contributed by atoms with van der Waals surface area (Å²) in [5.41, 5.74) is 5.17. The van der Waals surface area contributed by atoms with Gasteiger partial charge in [0, 0.05) is 16.7 Å². The minimum atomic E-state index is -0.365. The third kappa shape index (κ3) is 3.70. The molecule has 148 valence electrons. The summed E-state index contributed by atoms with van der Waals surface area (Å²) in [6.45, 7) is 0.151. The number of aromatic amines is 1. The van der Waals surface area contributed by atoms with Crippen LogP contribution in [0.4, 0.5) is 0 Å². The lowest BCUT2D eigenvalue weighted by molar-refractivity contribution is 0.0954. The fourth-order valence-electron chi connectivity index (χ4n) is 2.88. The fourth-order valence-corrected chi connectivity index (χ4v) is 2.88. The molecule has 0 aliphatic carbocycles. The number of carbonyl (C=O) groups is 1. The van der Waals surface area contributed by atoms with Crippen LogP contribution in [0.25, 0.3) is 11.3 Å². The lowest BCUT2D eigenvalue weighted by Gasteiger charge is -2.09. The number of ether oxygens (including phenoxy) is 4. The Morgan fingerprint density at radius 3 is 2.79 bits per heavy atom. The van der Waals surface area contributed by atoms with Gasteiger partial charge in [0.2, 0.25) is 6.79 Å². The number of amides is 1. The van der Waals surface area contributed by atoms with Gasteiger partial charge in [0.1, 0.15) is 0 Å². The molecule has 2 heterocycles. The minimum Gasteiger partial charge on any atom is -0.493 e. The number of hydrogen-bond acceptors (Lipinski definition) is 7. The van der Waals surface area contributed by atoms with Crippen LogP contribution in [0.2, 0.25) is 0 Å². The van der Waals surface area contributed by atoms with Crippen LogP contribution in [-0.4, -0.2) is 43.3 Å². The average Bonchev–Trinajstić information content (AvgIpc) is 3.41. The van der Waals surface area contributed by atoms with Gasteiger partial charge in [-0.15, -0.1) is 0 Å². The van der Waals surface area contributed by atoms with E-state index in [1.807, 2.05) is 12.1 Å². The highest BCUT2D eigenvalue weighted by atomic mass is 16.7. The Hall–Kier alpha value is -4.01. The number of rotatable bonds is 6. The highest BCUT2D eigenvalue weighted by molar-refractivity contribution is 5.96. The Bertz CT molecular complexity index is 1080. The normalized spacial score (nSPS) is 12.2. The van der Waals surface area contributed by atoms with Gasteiger partial charge in [0.15, 0.2) is 23.0 Å². The lowest BCUT2D eigenvalue weighted by atomic mass is 10.1. The number of carbonyl (C=O) groups excluding carboxylic acids is 1. The molecule has 1 amide bonds. The first-order valence-electron chi connectivity index (χ1n) is 8.68. The van der Waals surface area contributed by atoms with Gasteiger partial charge < -0.3 is 18.9 Å². The van der Waals surface area contributed by atoms with E-state index in [4.69, 9.17) is 18.9 Å². The summed E-state index contributed by atoms with van der Waals surface area (Å²) in [7, 11) is 3.15. The molecule has 9 nitrogen and oxygen atoms in total. The van der Waals surface area contributed by atoms with E-state index >= 15 is 0 Å². The van der Waals surface area contributed by atoms with Crippen molar-refractivity contribution in [3.63, 3.8) is 0 Å². The van der Waals surface area contributed by atoms with Crippen molar-refractivity contribution >= 4 is 12.1 Å². The first kappa shape index (κ1) is 18.4. The SMILES string of the molecule is COc1ccc(-c2[nH]ncc2/C=N\NC(=O)c2ccc3c(c2)OCO3)cc1OC. The molecule has 0 atom stereocenters. The number of nitrogens with zero attached hydrogens (tertiary/aromatic N) is 2. The molecule has 4 rings (SSSR count). The van der Waals surface area contributed by atoms with Crippen molar-refractivity contribution in [1.82, 2.24) is 15.6 Å². The smallest absolute Gasteiger partial charge is 0.271 e. The maximum Gasteiger partial charge on any atom is 0.271 e. The van der Waals surface area contributed by atoms with Gasteiger partial charge in [-0.3, -0.25) is 9.89 Å². The van der Waals surface area contributed by atoms with Crippen molar-refractivity contribution in [2.45, 2.75) is 0 Å². The zero-order valence-electron chi connectivity index (χ0n) is 15.8. The average molecular weight is 394 g/mol. The van der Waals surface area contributed by atoms with Crippen LogP contribution in [0.3, 0.4) is 0 Å². The van der Waals surface area contributed by atoms with Gasteiger partial charge in [-0.25, -0.2) is 5.43 Å². The predicted molar refractivity (Wildman–Crippen MR) is 105 cm³/mol. The van der Waals surface area contributed by atoms with Crippen molar-refractivity contribution in [2.75, 3.05) is 21.0 Å². The summed E-state index contributed by atoms with van der Waals surface area (Å²) >= 11 is 0. The number of hydrazone groups is 1. The number of fused-ring (bicyclic) bond motifs is 1. The monoisotopic (exact) mass is 394 g/mol. The second-order valence-electron chi connectivity index (χ2n) is 6.04. The van der Waals surface area contributed by atoms with E-state index in [1.54, 1.807) is 44.7 Å². The molecule has 0 bridgehead atoms. The molecule has 2 N–H and O–H groups in total. The molecule has 1 aliphatic rings. The molecule has 29 heavy (non-hydrogen) atoms. The van der Waals surface area contributed by atoms with E-state index in [-0.39, 0.29) is 12.7 Å². The van der Waals surface area contributed by atoms with E-state index in [0.29, 0.717) is 34.1 Å². The summed E-state index contributed by atoms with van der Waals surface area (Å²) < 4.78 is 21.1. The summed E-state index contributed by atoms with van der Waals surface area (Å²) in [5.74, 6) is 2.01. The molecular formula is C20H18N4O5. The molecule has 1 aromatic heterocycles. The van der Waals surface area contributed by atoms with E-state index in [0.717, 1.165) is 11.3 Å². The Labute approximate surface area is 166 Å². The molecule has 2 aromatic carbocycles. The van der Waals surface area contributed by atoms with Gasteiger partial charge in [-0.2, -0.15) is 10.2 Å². The maximum atomic E-state index is 12.3. The van der Waals surface area contributed by atoms with Crippen LogP contribution >= 0.6 is 0 Å². The van der Waals surface area contributed by atoms with E-state index in [1.165, 1.54) is 6.21 Å². The molecule has 0 saturated heterocycles. The van der Waals surface area contributed by atoms with Crippen LogP contribution < -0.4 is 24.4 Å². The van der Waals surface area contributed by atoms with Gasteiger partial charge >= 0.3 is 0 Å². The largest absolute Gasteiger partial charge is 0.493 e. The number of H-pyrrole nitrogens is 1. The van der Waals surface area contributed by atoms with Gasteiger partial charge in [0.25, 0.3) is 5.91 Å². The van der Waals surface area contributed by atoms with Crippen molar-refractivity contribution < 1.29 is 23.7 Å². The lowest BCUT2D eigenvalue weighted by Crippen LogP contribution is -2.17. The van der Waals surface area contributed by atoms with Crippen LogP contribution in [0, 0.1) is 0 Å². The number of hydrogen-bond donors (Lipinski definition) is 2. The van der Waals surface area contributed by atoms with Crippen LogP contribution in [-0.2, 0) is 0 Å². The zero-order valence-corrected chi connectivity index (χ0v) is 15.8. The number of benzene rings is 2. The third-order valence-corrected chi connectivity index (χ3v) is 4.35. The van der Waals surface area contributed by atoms with Crippen LogP contribution in [0.15, 0.2) is 47.7 Å². The minimum absolute atomic E-state index is 0.151. The molecule has 1 aliphatic heterocycles. The topological polar surface area (TPSA) is 107 Å². The quantitative estimate of drug-likeness (QED) is 0.492. The van der Waals surface area contributed by atoms with Gasteiger partial charge in [0.05, 0.1) is 32.3 Å². The second-order valence-corrected chi connectivity index (χ2v) is 6.04. The Kier molecular flexibility index (Phi) is 5.02. The standard InChI is InChI=1S/C20H18N4O5/c1-26-15-5-3-12(7-17(15)27-2)19-14(9-21-23-19)10-22-24-20(25)13-4-6-16-18(8-13)29-11-28-16/h3-10H,11H2,1-2H3,(H,21,23)(H,24,25)/b22-10-. The Morgan fingerprint density at radius 2 is 1.97 bits per heavy atom. The first-order valence-corrected chi connectivity index (χ1v) is 8.68. The summed E-state index contributed by atoms with van der Waals surface area (Å²) in [6, 6.07) is 10.4. The van der Waals surface area contributed by atoms with Gasteiger partial charge in [-0.1, -0.05) is 0 Å². The summed E-state index contributed by atoms with van der Waals surface area (Å²) in [4.78, 5) is 12.3. The van der Waals surface area contributed by atoms with Crippen LogP contribution in [0.1, 0.15) is 15.9 Å².